The number of hydroxylamine groups is 1. The molecule has 2 saturated heterocycles. The Morgan fingerprint density at radius 1 is 1.06 bits per heavy atom. The number of β-amino-alcohol motifs (C(OH)–C–C–N with tert-alkyl or cyclic N) is 1. The quantitative estimate of drug-likeness (QED) is 0.542. The van der Waals surface area contributed by atoms with Crippen molar-refractivity contribution in [2.24, 2.45) is 5.92 Å². The van der Waals surface area contributed by atoms with Gasteiger partial charge in [0.15, 0.2) is 0 Å². The summed E-state index contributed by atoms with van der Waals surface area (Å²) in [7, 11) is 0. The maximum absolute atomic E-state index is 12.8. The van der Waals surface area contributed by atoms with Gasteiger partial charge in [0, 0.05) is 19.1 Å². The fourth-order valence-corrected chi connectivity index (χ4v) is 5.53. The summed E-state index contributed by atoms with van der Waals surface area (Å²) in [6.45, 7) is 3.97. The highest BCUT2D eigenvalue weighted by Crippen LogP contribution is 2.26. The molecule has 0 bridgehead atoms. The summed E-state index contributed by atoms with van der Waals surface area (Å²) < 4.78 is 0. The van der Waals surface area contributed by atoms with E-state index in [1.54, 1.807) is 0 Å². The Bertz CT molecular complexity index is 734. The van der Waals surface area contributed by atoms with Crippen LogP contribution in [0, 0.1) is 5.92 Å². The molecule has 1 aromatic rings. The standard InChI is InChI=1S/C26H42N4O3/c1-19-28-25(29-33-19)21-13-11-20(12-14-21)17-27-26(32)23-15-16-30(18-24(23)31)22-9-7-5-3-2-4-6-8-10-22/h11-14,19,22-25,28-29,31H,2-10,15-18H2,1H3,(H,27,32). The third-order valence-electron chi connectivity index (χ3n) is 7.59. The Morgan fingerprint density at radius 2 is 1.73 bits per heavy atom. The number of likely N-dealkylation sites (tertiary alicyclic amines) is 1. The van der Waals surface area contributed by atoms with Crippen molar-refractivity contribution in [1.29, 1.82) is 0 Å². The minimum absolute atomic E-state index is 0.0179. The van der Waals surface area contributed by atoms with Crippen LogP contribution in [0.15, 0.2) is 24.3 Å². The van der Waals surface area contributed by atoms with E-state index in [1.807, 2.05) is 31.2 Å². The number of benzene rings is 1. The van der Waals surface area contributed by atoms with Crippen LogP contribution < -0.4 is 16.1 Å². The molecule has 1 saturated carbocycles. The van der Waals surface area contributed by atoms with Crippen LogP contribution in [0.5, 0.6) is 0 Å². The van der Waals surface area contributed by atoms with Gasteiger partial charge in [0.25, 0.3) is 0 Å². The fraction of sp³-hybridized carbons (Fsp3) is 0.731. The zero-order valence-corrected chi connectivity index (χ0v) is 20.1. The average Bonchev–Trinajstić information content (AvgIpc) is 3.27. The Balaban J connectivity index is 1.23. The molecule has 4 unspecified atom stereocenters. The minimum Gasteiger partial charge on any atom is -0.391 e. The number of nitrogens with one attached hydrogen (secondary N) is 3. The SMILES string of the molecule is CC1NC(c2ccc(CNC(=O)C3CCN(C4CCCCCCCCC4)CC3O)cc2)NO1. The molecular formula is C26H42N4O3. The summed E-state index contributed by atoms with van der Waals surface area (Å²) in [5.41, 5.74) is 5.11. The summed E-state index contributed by atoms with van der Waals surface area (Å²) in [5.74, 6) is -0.343. The van der Waals surface area contributed by atoms with Gasteiger partial charge in [-0.2, -0.15) is 5.48 Å². The second-order valence-corrected chi connectivity index (χ2v) is 10.1. The maximum Gasteiger partial charge on any atom is 0.226 e. The number of amides is 1. The van der Waals surface area contributed by atoms with Gasteiger partial charge in [0.05, 0.1) is 12.0 Å². The highest BCUT2D eigenvalue weighted by molar-refractivity contribution is 5.79. The summed E-state index contributed by atoms with van der Waals surface area (Å²) in [6, 6.07) is 8.71. The van der Waals surface area contributed by atoms with Gasteiger partial charge in [-0.05, 0) is 43.9 Å². The number of hydrogen-bond donors (Lipinski definition) is 4. The molecule has 0 aromatic heterocycles. The van der Waals surface area contributed by atoms with Gasteiger partial charge >= 0.3 is 0 Å². The van der Waals surface area contributed by atoms with Gasteiger partial charge in [-0.15, -0.1) is 0 Å². The second-order valence-electron chi connectivity index (χ2n) is 10.1. The third-order valence-corrected chi connectivity index (χ3v) is 7.59. The molecule has 3 fully saturated rings. The number of carbonyl (C=O) groups is 1. The zero-order chi connectivity index (χ0) is 23.0. The monoisotopic (exact) mass is 458 g/mol. The molecule has 4 atom stereocenters. The Labute approximate surface area is 198 Å². The molecule has 0 spiro atoms. The van der Waals surface area contributed by atoms with Crippen molar-refractivity contribution < 1.29 is 14.7 Å². The molecule has 1 amide bonds. The molecule has 3 aliphatic rings. The highest BCUT2D eigenvalue weighted by atomic mass is 16.7. The molecule has 4 rings (SSSR count). The van der Waals surface area contributed by atoms with E-state index in [0.717, 1.165) is 24.1 Å². The predicted octanol–water partition coefficient (Wildman–Crippen LogP) is 3.35. The Morgan fingerprint density at radius 3 is 2.33 bits per heavy atom. The van der Waals surface area contributed by atoms with Crippen LogP contribution in [0.2, 0.25) is 0 Å². The number of nitrogens with zero attached hydrogens (tertiary/aromatic N) is 1. The van der Waals surface area contributed by atoms with Gasteiger partial charge < -0.3 is 10.4 Å². The Hall–Kier alpha value is -1.51. The molecule has 2 aliphatic heterocycles. The molecule has 1 aliphatic carbocycles. The first-order chi connectivity index (χ1) is 16.1. The van der Waals surface area contributed by atoms with Crippen LogP contribution >= 0.6 is 0 Å². The molecule has 7 heteroatoms. The number of aliphatic hydroxyl groups excluding tert-OH is 1. The lowest BCUT2D eigenvalue weighted by Gasteiger charge is -2.40. The molecule has 184 valence electrons. The van der Waals surface area contributed by atoms with Crippen LogP contribution in [0.1, 0.15) is 88.4 Å². The van der Waals surface area contributed by atoms with E-state index in [0.29, 0.717) is 19.1 Å². The largest absolute Gasteiger partial charge is 0.391 e. The van der Waals surface area contributed by atoms with Crippen molar-refractivity contribution in [3.8, 4) is 0 Å². The molecule has 0 radical (unpaired) electrons. The smallest absolute Gasteiger partial charge is 0.226 e. The van der Waals surface area contributed by atoms with Gasteiger partial charge in [0.1, 0.15) is 12.4 Å². The van der Waals surface area contributed by atoms with E-state index in [2.05, 4.69) is 21.0 Å². The van der Waals surface area contributed by atoms with Crippen LogP contribution in [0.4, 0.5) is 0 Å². The van der Waals surface area contributed by atoms with Crippen molar-refractivity contribution in [3.05, 3.63) is 35.4 Å². The average molecular weight is 459 g/mol. The lowest BCUT2D eigenvalue weighted by molar-refractivity contribution is -0.132. The zero-order valence-electron chi connectivity index (χ0n) is 20.1. The van der Waals surface area contributed by atoms with E-state index in [-0.39, 0.29) is 24.2 Å². The summed E-state index contributed by atoms with van der Waals surface area (Å²) in [4.78, 5) is 20.6. The van der Waals surface area contributed by atoms with E-state index in [9.17, 15) is 9.90 Å². The number of piperidine rings is 1. The second kappa shape index (κ2) is 12.3. The van der Waals surface area contributed by atoms with Gasteiger partial charge in [0.2, 0.25) is 5.91 Å². The number of rotatable bonds is 5. The van der Waals surface area contributed by atoms with E-state index < -0.39 is 6.10 Å². The maximum atomic E-state index is 12.8. The van der Waals surface area contributed by atoms with E-state index >= 15 is 0 Å². The first-order valence-electron chi connectivity index (χ1n) is 13.1. The number of hydrogen-bond acceptors (Lipinski definition) is 6. The van der Waals surface area contributed by atoms with Crippen molar-refractivity contribution in [3.63, 3.8) is 0 Å². The fourth-order valence-electron chi connectivity index (χ4n) is 5.53. The lowest BCUT2D eigenvalue weighted by Crippen LogP contribution is -2.52. The number of aliphatic hydroxyl groups is 1. The normalized spacial score (nSPS) is 30.7. The molecule has 4 N–H and O–H groups in total. The first kappa shape index (κ1) is 24.6. The molecular weight excluding hydrogens is 416 g/mol. The Kier molecular flexibility index (Phi) is 9.15. The number of carbonyl (C=O) groups excluding carboxylic acids is 1. The molecule has 7 nitrogen and oxygen atoms in total. The van der Waals surface area contributed by atoms with Crippen LogP contribution in [0.25, 0.3) is 0 Å². The van der Waals surface area contributed by atoms with Gasteiger partial charge in [-0.25, -0.2) is 0 Å². The van der Waals surface area contributed by atoms with E-state index in [1.165, 1.54) is 57.8 Å². The third kappa shape index (κ3) is 6.99. The topological polar surface area (TPSA) is 85.9 Å². The van der Waals surface area contributed by atoms with Crippen LogP contribution in [-0.4, -0.2) is 47.4 Å². The summed E-state index contributed by atoms with van der Waals surface area (Å²) >= 11 is 0. The highest BCUT2D eigenvalue weighted by Gasteiger charge is 2.35. The molecule has 2 heterocycles. The first-order valence-corrected chi connectivity index (χ1v) is 13.1. The van der Waals surface area contributed by atoms with Crippen LogP contribution in [0.3, 0.4) is 0 Å². The van der Waals surface area contributed by atoms with Crippen molar-refractivity contribution in [1.82, 2.24) is 21.0 Å². The van der Waals surface area contributed by atoms with Crippen LogP contribution in [-0.2, 0) is 16.2 Å². The van der Waals surface area contributed by atoms with Crippen molar-refractivity contribution in [2.75, 3.05) is 13.1 Å². The summed E-state index contributed by atoms with van der Waals surface area (Å²) in [6.07, 6.45) is 11.9. The minimum atomic E-state index is -0.585. The summed E-state index contributed by atoms with van der Waals surface area (Å²) in [5, 5.41) is 17.2. The molecule has 1 aromatic carbocycles. The predicted molar refractivity (Wildman–Crippen MR) is 129 cm³/mol. The van der Waals surface area contributed by atoms with Gasteiger partial charge in [-0.3, -0.25) is 19.8 Å². The lowest BCUT2D eigenvalue weighted by atomic mass is 9.89. The van der Waals surface area contributed by atoms with Crippen molar-refractivity contribution >= 4 is 5.91 Å². The van der Waals surface area contributed by atoms with E-state index in [4.69, 9.17) is 4.84 Å². The van der Waals surface area contributed by atoms with Gasteiger partial charge in [-0.1, -0.05) is 69.2 Å². The molecule has 33 heavy (non-hydrogen) atoms. The van der Waals surface area contributed by atoms with Crippen molar-refractivity contribution in [2.45, 2.75) is 102 Å².